The second-order valence-corrected chi connectivity index (χ2v) is 5.71. The van der Waals surface area contributed by atoms with Gasteiger partial charge in [-0.15, -0.1) is 5.10 Å². The van der Waals surface area contributed by atoms with E-state index in [0.29, 0.717) is 22.6 Å². The lowest BCUT2D eigenvalue weighted by molar-refractivity contribution is -0.160. The SMILES string of the molecule is COc1ccc(C2=NN(C(C)=O)[C@]3(O2)C(=O)Nc2ccccc23)cc1. The van der Waals surface area contributed by atoms with Gasteiger partial charge >= 0.3 is 5.72 Å². The molecular formula is C18H15N3O4. The van der Waals surface area contributed by atoms with E-state index in [9.17, 15) is 9.59 Å². The van der Waals surface area contributed by atoms with Gasteiger partial charge in [-0.2, -0.15) is 5.01 Å². The van der Waals surface area contributed by atoms with Crippen LogP contribution >= 0.6 is 0 Å². The Balaban J connectivity index is 1.81. The average Bonchev–Trinajstić information content (AvgIpc) is 3.16. The van der Waals surface area contributed by atoms with E-state index in [0.717, 1.165) is 5.01 Å². The monoisotopic (exact) mass is 337 g/mol. The molecule has 1 spiro atoms. The van der Waals surface area contributed by atoms with Crippen LogP contribution in [-0.2, 0) is 20.1 Å². The van der Waals surface area contributed by atoms with Gasteiger partial charge in [0, 0.05) is 12.5 Å². The molecule has 1 atom stereocenters. The van der Waals surface area contributed by atoms with E-state index < -0.39 is 17.5 Å². The highest BCUT2D eigenvalue weighted by Crippen LogP contribution is 2.45. The molecule has 0 bridgehead atoms. The number of nitrogens with one attached hydrogen (secondary N) is 1. The number of ether oxygens (including phenoxy) is 2. The molecule has 0 unspecified atom stereocenters. The number of carbonyl (C=O) groups is 2. The molecule has 2 aromatic carbocycles. The van der Waals surface area contributed by atoms with Gasteiger partial charge in [0.25, 0.3) is 5.91 Å². The highest BCUT2D eigenvalue weighted by Gasteiger charge is 2.59. The Kier molecular flexibility index (Phi) is 3.24. The zero-order valence-corrected chi connectivity index (χ0v) is 13.6. The molecule has 4 rings (SSSR count). The first-order chi connectivity index (χ1) is 12.1. The van der Waals surface area contributed by atoms with Crippen LogP contribution in [0.25, 0.3) is 0 Å². The molecule has 2 heterocycles. The van der Waals surface area contributed by atoms with Crippen LogP contribution in [0.3, 0.4) is 0 Å². The number of amides is 2. The van der Waals surface area contributed by atoms with Gasteiger partial charge < -0.3 is 14.8 Å². The van der Waals surface area contributed by atoms with Crippen molar-refractivity contribution in [2.24, 2.45) is 5.10 Å². The standard InChI is InChI=1S/C18H15N3O4/c1-11(22)21-18(14-5-3-4-6-15(14)19-17(18)23)25-16(20-21)12-7-9-13(24-2)10-8-12/h3-10H,1-2H3,(H,19,23)/t18-/m1/s1. The maximum Gasteiger partial charge on any atom is 0.314 e. The quantitative estimate of drug-likeness (QED) is 0.909. The number of anilines is 1. The summed E-state index contributed by atoms with van der Waals surface area (Å²) in [5, 5.41) is 8.12. The van der Waals surface area contributed by atoms with Crippen molar-refractivity contribution in [2.45, 2.75) is 12.6 Å². The fourth-order valence-corrected chi connectivity index (χ4v) is 3.04. The molecule has 0 saturated carbocycles. The lowest BCUT2D eigenvalue weighted by atomic mass is 10.0. The summed E-state index contributed by atoms with van der Waals surface area (Å²) >= 11 is 0. The smallest absolute Gasteiger partial charge is 0.314 e. The van der Waals surface area contributed by atoms with Crippen molar-refractivity contribution in [1.29, 1.82) is 0 Å². The van der Waals surface area contributed by atoms with Gasteiger partial charge in [-0.1, -0.05) is 18.2 Å². The van der Waals surface area contributed by atoms with E-state index in [4.69, 9.17) is 9.47 Å². The summed E-state index contributed by atoms with van der Waals surface area (Å²) in [6.07, 6.45) is 0. The molecule has 0 fully saturated rings. The van der Waals surface area contributed by atoms with Crippen molar-refractivity contribution in [2.75, 3.05) is 12.4 Å². The predicted molar refractivity (Wildman–Crippen MR) is 89.9 cm³/mol. The number of fused-ring (bicyclic) bond motifs is 2. The van der Waals surface area contributed by atoms with Gasteiger partial charge in [-0.3, -0.25) is 9.59 Å². The zero-order chi connectivity index (χ0) is 17.6. The third-order valence-corrected chi connectivity index (χ3v) is 4.22. The fraction of sp³-hybridized carbons (Fsp3) is 0.167. The lowest BCUT2D eigenvalue weighted by Crippen LogP contribution is -2.49. The van der Waals surface area contributed by atoms with Gasteiger partial charge in [-0.25, -0.2) is 0 Å². The summed E-state index contributed by atoms with van der Waals surface area (Å²) in [6.45, 7) is 1.35. The van der Waals surface area contributed by atoms with Crippen LogP contribution in [0.4, 0.5) is 5.69 Å². The van der Waals surface area contributed by atoms with Crippen LogP contribution < -0.4 is 10.1 Å². The van der Waals surface area contributed by atoms with Gasteiger partial charge in [0.2, 0.25) is 11.8 Å². The molecule has 126 valence electrons. The maximum absolute atomic E-state index is 12.7. The number of hydrogen-bond donors (Lipinski definition) is 1. The number of para-hydroxylation sites is 1. The number of methoxy groups -OCH3 is 1. The van der Waals surface area contributed by atoms with Crippen molar-refractivity contribution >= 4 is 23.4 Å². The summed E-state index contributed by atoms with van der Waals surface area (Å²) in [6, 6.07) is 14.1. The van der Waals surface area contributed by atoms with Crippen LogP contribution in [0, 0.1) is 0 Å². The minimum atomic E-state index is -1.61. The van der Waals surface area contributed by atoms with Gasteiger partial charge in [0.15, 0.2) is 0 Å². The number of carbonyl (C=O) groups excluding carboxylic acids is 2. The highest BCUT2D eigenvalue weighted by molar-refractivity contribution is 6.10. The normalized spacial score (nSPS) is 20.8. The molecule has 0 saturated heterocycles. The average molecular weight is 337 g/mol. The predicted octanol–water partition coefficient (Wildman–Crippen LogP) is 2.04. The summed E-state index contributed by atoms with van der Waals surface area (Å²) in [7, 11) is 1.57. The molecule has 7 nitrogen and oxygen atoms in total. The van der Waals surface area contributed by atoms with Crippen LogP contribution in [-0.4, -0.2) is 29.8 Å². The molecule has 2 aliphatic rings. The number of benzene rings is 2. The fourth-order valence-electron chi connectivity index (χ4n) is 3.04. The Hall–Kier alpha value is -3.35. The molecule has 0 radical (unpaired) electrons. The minimum absolute atomic E-state index is 0.199. The Morgan fingerprint density at radius 2 is 1.92 bits per heavy atom. The van der Waals surface area contributed by atoms with Gasteiger partial charge in [-0.05, 0) is 30.3 Å². The molecule has 7 heteroatoms. The third kappa shape index (κ3) is 2.09. The molecule has 2 aromatic rings. The third-order valence-electron chi connectivity index (χ3n) is 4.22. The Morgan fingerprint density at radius 1 is 1.20 bits per heavy atom. The first-order valence-electron chi connectivity index (χ1n) is 7.70. The maximum atomic E-state index is 12.7. The van der Waals surface area contributed by atoms with Crippen molar-refractivity contribution in [1.82, 2.24) is 5.01 Å². The van der Waals surface area contributed by atoms with Gasteiger partial charge in [0.05, 0.1) is 18.4 Å². The van der Waals surface area contributed by atoms with Crippen LogP contribution in [0.5, 0.6) is 5.75 Å². The topological polar surface area (TPSA) is 80.2 Å². The molecule has 2 amide bonds. The molecule has 0 aliphatic carbocycles. The number of hydrogen-bond acceptors (Lipinski definition) is 5. The first-order valence-corrected chi connectivity index (χ1v) is 7.70. The first kappa shape index (κ1) is 15.2. The van der Waals surface area contributed by atoms with E-state index in [-0.39, 0.29) is 5.90 Å². The summed E-state index contributed by atoms with van der Waals surface area (Å²) in [5.74, 6) is 0.0423. The van der Waals surface area contributed by atoms with Crippen LogP contribution in [0.15, 0.2) is 53.6 Å². The van der Waals surface area contributed by atoms with Crippen molar-refractivity contribution < 1.29 is 19.1 Å². The zero-order valence-electron chi connectivity index (χ0n) is 13.6. The summed E-state index contributed by atoms with van der Waals surface area (Å²) in [4.78, 5) is 24.9. The molecule has 25 heavy (non-hydrogen) atoms. The van der Waals surface area contributed by atoms with E-state index in [1.807, 2.05) is 0 Å². The molecule has 1 N–H and O–H groups in total. The number of hydrazone groups is 1. The van der Waals surface area contributed by atoms with E-state index in [2.05, 4.69) is 10.4 Å². The molecule has 2 aliphatic heterocycles. The molecular weight excluding hydrogens is 322 g/mol. The Labute approximate surface area is 143 Å². The Bertz CT molecular complexity index is 907. The second kappa shape index (κ2) is 5.34. The highest BCUT2D eigenvalue weighted by atomic mass is 16.6. The van der Waals surface area contributed by atoms with Crippen LogP contribution in [0.1, 0.15) is 18.1 Å². The number of nitrogens with zero attached hydrogens (tertiary/aromatic N) is 2. The van der Waals surface area contributed by atoms with Crippen molar-refractivity contribution in [3.63, 3.8) is 0 Å². The summed E-state index contributed by atoms with van der Waals surface area (Å²) in [5.41, 5.74) is 0.186. The van der Waals surface area contributed by atoms with Crippen molar-refractivity contribution in [3.05, 3.63) is 59.7 Å². The number of rotatable bonds is 2. The minimum Gasteiger partial charge on any atom is -0.497 e. The van der Waals surface area contributed by atoms with Crippen molar-refractivity contribution in [3.8, 4) is 5.75 Å². The largest absolute Gasteiger partial charge is 0.497 e. The van der Waals surface area contributed by atoms with E-state index in [1.165, 1.54) is 6.92 Å². The Morgan fingerprint density at radius 3 is 2.60 bits per heavy atom. The van der Waals surface area contributed by atoms with E-state index >= 15 is 0 Å². The summed E-state index contributed by atoms with van der Waals surface area (Å²) < 4.78 is 11.1. The van der Waals surface area contributed by atoms with E-state index in [1.54, 1.807) is 55.6 Å². The van der Waals surface area contributed by atoms with Crippen LogP contribution in [0.2, 0.25) is 0 Å². The second-order valence-electron chi connectivity index (χ2n) is 5.71. The molecule has 0 aromatic heterocycles. The van der Waals surface area contributed by atoms with Gasteiger partial charge in [0.1, 0.15) is 5.75 Å². The lowest BCUT2D eigenvalue weighted by Gasteiger charge is -2.28.